The third kappa shape index (κ3) is 4.78. The molecule has 1 amide bonds. The Morgan fingerprint density at radius 1 is 1.00 bits per heavy atom. The van der Waals surface area contributed by atoms with Gasteiger partial charge in [-0.25, -0.2) is 8.42 Å². The van der Waals surface area contributed by atoms with Crippen molar-refractivity contribution in [1.29, 1.82) is 0 Å². The van der Waals surface area contributed by atoms with Crippen molar-refractivity contribution >= 4 is 15.7 Å². The number of rotatable bonds is 7. The number of amides is 1. The van der Waals surface area contributed by atoms with Crippen LogP contribution < -0.4 is 5.73 Å². The van der Waals surface area contributed by atoms with E-state index in [-0.39, 0.29) is 27.7 Å². The molecule has 1 unspecified atom stereocenters. The molecule has 0 spiro atoms. The molecule has 186 valence electrons. The van der Waals surface area contributed by atoms with E-state index in [1.165, 1.54) is 24.3 Å². The summed E-state index contributed by atoms with van der Waals surface area (Å²) in [5.74, 6) is -2.13. The Bertz CT molecular complexity index is 1170. The van der Waals surface area contributed by atoms with E-state index in [1.807, 2.05) is 0 Å². The van der Waals surface area contributed by atoms with Crippen molar-refractivity contribution in [3.63, 3.8) is 0 Å². The number of aryl methyl sites for hydroxylation is 1. The van der Waals surface area contributed by atoms with Gasteiger partial charge in [0, 0.05) is 5.56 Å². The Morgan fingerprint density at radius 2 is 1.50 bits per heavy atom. The van der Waals surface area contributed by atoms with Crippen LogP contribution in [0.2, 0.25) is 0 Å². The molecule has 5 nitrogen and oxygen atoms in total. The van der Waals surface area contributed by atoms with Crippen LogP contribution in [0, 0.1) is 12.8 Å². The normalized spacial score (nSPS) is 16.4. The highest BCUT2D eigenvalue weighted by Crippen LogP contribution is 2.51. The van der Waals surface area contributed by atoms with E-state index in [0.29, 0.717) is 6.07 Å². The fraction of sp³-hybridized carbons (Fsp3) is 0.409. The molecule has 1 aliphatic carbocycles. The Morgan fingerprint density at radius 3 is 1.91 bits per heavy atom. The summed E-state index contributed by atoms with van der Waals surface area (Å²) in [7, 11) is -3.54. The number of primary amides is 1. The van der Waals surface area contributed by atoms with E-state index in [9.17, 15) is 44.7 Å². The molecule has 0 radical (unpaired) electrons. The highest BCUT2D eigenvalue weighted by Gasteiger charge is 2.71. The van der Waals surface area contributed by atoms with E-state index in [1.54, 1.807) is 0 Å². The Kier molecular flexibility index (Phi) is 6.55. The molecular weight excluding hydrogens is 488 g/mol. The van der Waals surface area contributed by atoms with Crippen molar-refractivity contribution in [2.45, 2.75) is 48.5 Å². The molecule has 1 saturated carbocycles. The fourth-order valence-corrected chi connectivity index (χ4v) is 5.52. The molecule has 1 aliphatic rings. The molecular formula is C22H21F6NO4S. The van der Waals surface area contributed by atoms with Gasteiger partial charge in [0.2, 0.25) is 5.91 Å². The van der Waals surface area contributed by atoms with Gasteiger partial charge in [-0.2, -0.15) is 26.3 Å². The van der Waals surface area contributed by atoms with Crippen LogP contribution in [0.3, 0.4) is 0 Å². The summed E-state index contributed by atoms with van der Waals surface area (Å²) < 4.78 is 104. The van der Waals surface area contributed by atoms with Gasteiger partial charge in [-0.3, -0.25) is 4.79 Å². The van der Waals surface area contributed by atoms with Crippen LogP contribution >= 0.6 is 0 Å². The topological polar surface area (TPSA) is 97.5 Å². The first-order valence-electron chi connectivity index (χ1n) is 10.1. The smallest absolute Gasteiger partial charge is 0.369 e. The number of hydrogen-bond donors (Lipinski definition) is 2. The summed E-state index contributed by atoms with van der Waals surface area (Å²) in [5, 5.41) is 9.67. The molecule has 1 atom stereocenters. The maximum Gasteiger partial charge on any atom is 0.430 e. The molecule has 3 N–H and O–H groups in total. The zero-order valence-corrected chi connectivity index (χ0v) is 18.6. The standard InChI is InChI=1S/C22H21F6NO4S/c1-12-10-15(6-9-17(12)20(31,21(23,24)25)22(26,27)28)18(19(29)30)14-4-7-16(8-5-14)34(32,33)11-13-2-3-13/h4-10,13,18,31H,2-3,11H2,1H3,(H2,29,30). The number of carbonyl (C=O) groups is 1. The second-order valence-electron chi connectivity index (χ2n) is 8.41. The van der Waals surface area contributed by atoms with Crippen LogP contribution in [0.15, 0.2) is 47.4 Å². The molecule has 2 aromatic carbocycles. The molecule has 0 saturated heterocycles. The van der Waals surface area contributed by atoms with Gasteiger partial charge < -0.3 is 10.8 Å². The van der Waals surface area contributed by atoms with E-state index < -0.39 is 50.7 Å². The predicted octanol–water partition coefficient (Wildman–Crippen LogP) is 4.11. The average molecular weight is 509 g/mol. The second-order valence-corrected chi connectivity index (χ2v) is 10.4. The van der Waals surface area contributed by atoms with Crippen LogP contribution in [0.5, 0.6) is 0 Å². The zero-order valence-electron chi connectivity index (χ0n) is 17.7. The van der Waals surface area contributed by atoms with Crippen molar-refractivity contribution < 1.29 is 44.7 Å². The number of nitrogens with two attached hydrogens (primary N) is 1. The quantitative estimate of drug-likeness (QED) is 0.549. The molecule has 0 bridgehead atoms. The summed E-state index contributed by atoms with van der Waals surface area (Å²) in [6, 6.07) is 7.39. The second kappa shape index (κ2) is 8.56. The number of sulfone groups is 1. The van der Waals surface area contributed by atoms with E-state index in [0.717, 1.165) is 31.9 Å². The number of carbonyl (C=O) groups excluding carboxylic acids is 1. The highest BCUT2D eigenvalue weighted by atomic mass is 32.2. The Labute approximate surface area is 191 Å². The third-order valence-corrected chi connectivity index (χ3v) is 7.70. The lowest BCUT2D eigenvalue weighted by Gasteiger charge is -2.34. The third-order valence-electron chi connectivity index (χ3n) is 5.80. The van der Waals surface area contributed by atoms with E-state index in [4.69, 9.17) is 5.73 Å². The van der Waals surface area contributed by atoms with E-state index >= 15 is 0 Å². The molecule has 12 heteroatoms. The lowest BCUT2D eigenvalue weighted by Crippen LogP contribution is -2.54. The lowest BCUT2D eigenvalue weighted by molar-refractivity contribution is -0.376. The molecule has 3 rings (SSSR count). The minimum atomic E-state index is -6.05. The van der Waals surface area contributed by atoms with E-state index in [2.05, 4.69) is 0 Å². The summed E-state index contributed by atoms with van der Waals surface area (Å²) in [5.41, 5.74) is -1.48. The Balaban J connectivity index is 2.00. The van der Waals surface area contributed by atoms with Crippen molar-refractivity contribution in [3.8, 4) is 0 Å². The number of halogens is 6. The van der Waals surface area contributed by atoms with Gasteiger partial charge in [-0.15, -0.1) is 0 Å². The lowest BCUT2D eigenvalue weighted by atomic mass is 9.84. The van der Waals surface area contributed by atoms with Crippen LogP contribution in [0.4, 0.5) is 26.3 Å². The van der Waals surface area contributed by atoms with Gasteiger partial charge >= 0.3 is 12.4 Å². The minimum absolute atomic E-state index is 0.00638. The SMILES string of the molecule is Cc1cc(C(C(N)=O)c2ccc(S(=O)(=O)CC3CC3)cc2)ccc1C(O)(C(F)(F)F)C(F)(F)F. The van der Waals surface area contributed by atoms with Crippen LogP contribution in [-0.2, 0) is 20.2 Å². The monoisotopic (exact) mass is 509 g/mol. The van der Waals surface area contributed by atoms with Crippen molar-refractivity contribution in [3.05, 3.63) is 64.7 Å². The van der Waals surface area contributed by atoms with Crippen LogP contribution in [0.25, 0.3) is 0 Å². The van der Waals surface area contributed by atoms with Gasteiger partial charge in [0.05, 0.1) is 16.6 Å². The molecule has 0 aliphatic heterocycles. The summed E-state index contributed by atoms with van der Waals surface area (Å²) in [6.45, 7) is 0.937. The maximum atomic E-state index is 13.2. The first-order chi connectivity index (χ1) is 15.5. The summed E-state index contributed by atoms with van der Waals surface area (Å²) in [6.07, 6.45) is -10.5. The number of aliphatic hydroxyl groups is 1. The molecule has 1 fully saturated rings. The summed E-state index contributed by atoms with van der Waals surface area (Å²) >= 11 is 0. The Hall–Kier alpha value is -2.60. The number of alkyl halides is 6. The highest BCUT2D eigenvalue weighted by molar-refractivity contribution is 7.91. The van der Waals surface area contributed by atoms with Crippen LogP contribution in [-0.4, -0.2) is 37.5 Å². The largest absolute Gasteiger partial charge is 0.430 e. The summed E-state index contributed by atoms with van der Waals surface area (Å²) in [4.78, 5) is 12.2. The first-order valence-corrected chi connectivity index (χ1v) is 11.7. The van der Waals surface area contributed by atoms with Gasteiger partial charge in [-0.05, 0) is 54.5 Å². The number of benzene rings is 2. The van der Waals surface area contributed by atoms with Crippen molar-refractivity contribution in [1.82, 2.24) is 0 Å². The van der Waals surface area contributed by atoms with Crippen LogP contribution in [0.1, 0.15) is 41.0 Å². The average Bonchev–Trinajstić information content (AvgIpc) is 3.49. The molecule has 34 heavy (non-hydrogen) atoms. The molecule has 0 aromatic heterocycles. The fourth-order valence-electron chi connectivity index (χ4n) is 3.82. The minimum Gasteiger partial charge on any atom is -0.369 e. The van der Waals surface area contributed by atoms with Crippen molar-refractivity contribution in [2.24, 2.45) is 11.7 Å². The first kappa shape index (κ1) is 26.0. The molecule has 0 heterocycles. The van der Waals surface area contributed by atoms with Gasteiger partial charge in [-0.1, -0.05) is 30.3 Å². The predicted molar refractivity (Wildman–Crippen MR) is 109 cm³/mol. The maximum absolute atomic E-state index is 13.2. The van der Waals surface area contributed by atoms with Gasteiger partial charge in [0.25, 0.3) is 5.60 Å². The van der Waals surface area contributed by atoms with Gasteiger partial charge in [0.1, 0.15) is 0 Å². The van der Waals surface area contributed by atoms with Crippen molar-refractivity contribution in [2.75, 3.05) is 5.75 Å². The van der Waals surface area contributed by atoms with Gasteiger partial charge in [0.15, 0.2) is 9.84 Å². The molecule has 2 aromatic rings. The number of hydrogen-bond acceptors (Lipinski definition) is 4. The zero-order chi connectivity index (χ0) is 25.7.